The molecule has 0 amide bonds. The Balaban J connectivity index is 1.76. The third kappa shape index (κ3) is 3.23. The van der Waals surface area contributed by atoms with E-state index in [1.807, 2.05) is 61.0 Å². The van der Waals surface area contributed by atoms with E-state index in [-0.39, 0.29) is 5.78 Å². The second-order valence-electron chi connectivity index (χ2n) is 4.83. The van der Waals surface area contributed by atoms with Crippen molar-refractivity contribution in [1.29, 1.82) is 0 Å². The molecular weight excluding hydrogens is 280 g/mol. The molecule has 2 aromatic heterocycles. The van der Waals surface area contributed by atoms with Crippen molar-refractivity contribution in [3.05, 3.63) is 70.9 Å². The molecular formula is C17H14N2OS. The molecule has 0 aliphatic carbocycles. The number of benzene rings is 1. The van der Waals surface area contributed by atoms with Crippen LogP contribution in [0.4, 0.5) is 0 Å². The Bertz CT molecular complexity index is 748. The van der Waals surface area contributed by atoms with Crippen LogP contribution in [-0.2, 0) is 6.42 Å². The highest BCUT2D eigenvalue weighted by Crippen LogP contribution is 2.22. The summed E-state index contributed by atoms with van der Waals surface area (Å²) in [4.78, 5) is 21.0. The maximum absolute atomic E-state index is 12.2. The van der Waals surface area contributed by atoms with Gasteiger partial charge < -0.3 is 0 Å². The van der Waals surface area contributed by atoms with Gasteiger partial charge in [-0.05, 0) is 18.6 Å². The van der Waals surface area contributed by atoms with Gasteiger partial charge in [-0.15, -0.1) is 11.3 Å². The summed E-state index contributed by atoms with van der Waals surface area (Å²) in [5, 5.41) is 2.78. The van der Waals surface area contributed by atoms with Crippen molar-refractivity contribution in [2.45, 2.75) is 13.3 Å². The lowest BCUT2D eigenvalue weighted by atomic mass is 10.1. The molecule has 3 nitrogen and oxygen atoms in total. The molecule has 0 atom stereocenters. The van der Waals surface area contributed by atoms with E-state index in [1.165, 1.54) is 11.3 Å². The Kier molecular flexibility index (Phi) is 3.88. The van der Waals surface area contributed by atoms with Crippen LogP contribution in [0.25, 0.3) is 10.7 Å². The van der Waals surface area contributed by atoms with Gasteiger partial charge in [0.1, 0.15) is 5.01 Å². The van der Waals surface area contributed by atoms with Crippen LogP contribution in [0.3, 0.4) is 0 Å². The Morgan fingerprint density at radius 2 is 1.95 bits per heavy atom. The standard InChI is InChI=1S/C17H14N2OS/c1-12-7-8-15(18-10-12)17-19-14(11-21-17)9-16(20)13-5-3-2-4-6-13/h2-8,10-11H,9H2,1H3. The molecule has 2 heterocycles. The summed E-state index contributed by atoms with van der Waals surface area (Å²) in [6, 6.07) is 13.3. The van der Waals surface area contributed by atoms with Crippen LogP contribution in [0.5, 0.6) is 0 Å². The van der Waals surface area contributed by atoms with Gasteiger partial charge in [0.2, 0.25) is 0 Å². The Labute approximate surface area is 127 Å². The number of Topliss-reactive ketones (excluding diaryl/α,β-unsaturated/α-hetero) is 1. The molecule has 1 aromatic carbocycles. The summed E-state index contributed by atoms with van der Waals surface area (Å²) in [6.07, 6.45) is 2.15. The van der Waals surface area contributed by atoms with Crippen molar-refractivity contribution in [2.75, 3.05) is 0 Å². The smallest absolute Gasteiger partial charge is 0.168 e. The number of hydrogen-bond donors (Lipinski definition) is 0. The SMILES string of the molecule is Cc1ccc(-c2nc(CC(=O)c3ccccc3)cs2)nc1. The number of hydrogen-bond acceptors (Lipinski definition) is 4. The third-order valence-corrected chi connectivity index (χ3v) is 4.03. The maximum Gasteiger partial charge on any atom is 0.168 e. The maximum atomic E-state index is 12.2. The van der Waals surface area contributed by atoms with Crippen LogP contribution in [-0.4, -0.2) is 15.8 Å². The Morgan fingerprint density at radius 1 is 1.14 bits per heavy atom. The molecule has 0 aliphatic rings. The average Bonchev–Trinajstić information content (AvgIpc) is 2.97. The van der Waals surface area contributed by atoms with E-state index in [4.69, 9.17) is 0 Å². The molecule has 0 unspecified atom stereocenters. The molecule has 104 valence electrons. The van der Waals surface area contributed by atoms with E-state index in [9.17, 15) is 4.79 Å². The van der Waals surface area contributed by atoms with Gasteiger partial charge >= 0.3 is 0 Å². The molecule has 4 heteroatoms. The molecule has 3 rings (SSSR count). The lowest BCUT2D eigenvalue weighted by molar-refractivity contribution is 0.0992. The minimum absolute atomic E-state index is 0.0873. The van der Waals surface area contributed by atoms with Crippen LogP contribution < -0.4 is 0 Å². The predicted octanol–water partition coefficient (Wildman–Crippen LogP) is 3.94. The summed E-state index contributed by atoms with van der Waals surface area (Å²) in [5.74, 6) is 0.0873. The third-order valence-electron chi connectivity index (χ3n) is 3.12. The number of carbonyl (C=O) groups excluding carboxylic acids is 1. The van der Waals surface area contributed by atoms with Crippen LogP contribution >= 0.6 is 11.3 Å². The summed E-state index contributed by atoms with van der Waals surface area (Å²) in [5.41, 5.74) is 3.49. The van der Waals surface area contributed by atoms with E-state index in [0.29, 0.717) is 6.42 Å². The van der Waals surface area contributed by atoms with Gasteiger partial charge in [0.25, 0.3) is 0 Å². The van der Waals surface area contributed by atoms with Crippen molar-refractivity contribution >= 4 is 17.1 Å². The van der Waals surface area contributed by atoms with Gasteiger partial charge in [0.05, 0.1) is 17.8 Å². The molecule has 0 saturated carbocycles. The van der Waals surface area contributed by atoms with E-state index >= 15 is 0 Å². The van der Waals surface area contributed by atoms with Crippen LogP contribution in [0, 0.1) is 6.92 Å². The van der Waals surface area contributed by atoms with Crippen molar-refractivity contribution < 1.29 is 4.79 Å². The molecule has 0 saturated heterocycles. The van der Waals surface area contributed by atoms with Gasteiger partial charge in [-0.2, -0.15) is 0 Å². The van der Waals surface area contributed by atoms with Crippen LogP contribution in [0.15, 0.2) is 54.0 Å². The molecule has 0 fully saturated rings. The number of thiazole rings is 1. The normalized spacial score (nSPS) is 10.5. The highest BCUT2D eigenvalue weighted by atomic mass is 32.1. The summed E-state index contributed by atoms with van der Waals surface area (Å²) in [6.45, 7) is 2.00. The molecule has 0 N–H and O–H groups in total. The fraction of sp³-hybridized carbons (Fsp3) is 0.118. The molecule has 3 aromatic rings. The van der Waals surface area contributed by atoms with Crippen molar-refractivity contribution in [3.63, 3.8) is 0 Å². The van der Waals surface area contributed by atoms with E-state index in [2.05, 4.69) is 9.97 Å². The van der Waals surface area contributed by atoms with Crippen molar-refractivity contribution in [2.24, 2.45) is 0 Å². The minimum Gasteiger partial charge on any atom is -0.294 e. The first-order valence-electron chi connectivity index (χ1n) is 6.68. The number of carbonyl (C=O) groups is 1. The first-order chi connectivity index (χ1) is 10.2. The van der Waals surface area contributed by atoms with Gasteiger partial charge in [0.15, 0.2) is 5.78 Å². The summed E-state index contributed by atoms with van der Waals surface area (Å²) < 4.78 is 0. The van der Waals surface area contributed by atoms with Gasteiger partial charge in [0, 0.05) is 17.1 Å². The summed E-state index contributed by atoms with van der Waals surface area (Å²) in [7, 11) is 0. The topological polar surface area (TPSA) is 42.9 Å². The second-order valence-corrected chi connectivity index (χ2v) is 5.69. The molecule has 0 spiro atoms. The highest BCUT2D eigenvalue weighted by Gasteiger charge is 2.11. The highest BCUT2D eigenvalue weighted by molar-refractivity contribution is 7.13. The zero-order valence-electron chi connectivity index (χ0n) is 11.6. The van der Waals surface area contributed by atoms with Crippen LogP contribution in [0.2, 0.25) is 0 Å². The first kappa shape index (κ1) is 13.6. The zero-order valence-corrected chi connectivity index (χ0v) is 12.4. The number of nitrogens with zero attached hydrogens (tertiary/aromatic N) is 2. The lowest BCUT2D eigenvalue weighted by Gasteiger charge is -1.98. The minimum atomic E-state index is 0.0873. The molecule has 0 bridgehead atoms. The van der Waals surface area contributed by atoms with Crippen LogP contribution in [0.1, 0.15) is 21.6 Å². The van der Waals surface area contributed by atoms with Gasteiger partial charge in [-0.3, -0.25) is 9.78 Å². The van der Waals surface area contributed by atoms with Gasteiger partial charge in [-0.1, -0.05) is 36.4 Å². The molecule has 21 heavy (non-hydrogen) atoms. The zero-order chi connectivity index (χ0) is 14.7. The quantitative estimate of drug-likeness (QED) is 0.684. The van der Waals surface area contributed by atoms with Gasteiger partial charge in [-0.25, -0.2) is 4.98 Å². The Morgan fingerprint density at radius 3 is 2.67 bits per heavy atom. The number of aryl methyl sites for hydroxylation is 1. The number of rotatable bonds is 4. The van der Waals surface area contributed by atoms with Crippen molar-refractivity contribution in [3.8, 4) is 10.7 Å². The van der Waals surface area contributed by atoms with E-state index in [1.54, 1.807) is 0 Å². The monoisotopic (exact) mass is 294 g/mol. The Hall–Kier alpha value is -2.33. The number of ketones is 1. The number of pyridine rings is 1. The van der Waals surface area contributed by atoms with E-state index < -0.39 is 0 Å². The lowest BCUT2D eigenvalue weighted by Crippen LogP contribution is -2.03. The largest absolute Gasteiger partial charge is 0.294 e. The summed E-state index contributed by atoms with van der Waals surface area (Å²) >= 11 is 1.52. The molecule has 0 aliphatic heterocycles. The fourth-order valence-corrected chi connectivity index (χ4v) is 2.79. The average molecular weight is 294 g/mol. The second kappa shape index (κ2) is 5.97. The predicted molar refractivity (Wildman–Crippen MR) is 84.6 cm³/mol. The first-order valence-corrected chi connectivity index (χ1v) is 7.56. The molecule has 0 radical (unpaired) electrons. The van der Waals surface area contributed by atoms with Crippen molar-refractivity contribution in [1.82, 2.24) is 9.97 Å². The fourth-order valence-electron chi connectivity index (χ4n) is 1.99. The van der Waals surface area contributed by atoms with E-state index in [0.717, 1.165) is 27.5 Å². The number of aromatic nitrogens is 2.